The lowest BCUT2D eigenvalue weighted by molar-refractivity contribution is -0.138. The monoisotopic (exact) mass is 511 g/mol. The molecule has 198 valence electrons. The molecule has 0 heterocycles. The van der Waals surface area contributed by atoms with Crippen LogP contribution in [0.1, 0.15) is 66.0 Å². The Labute approximate surface area is 213 Å². The topological polar surface area (TPSA) is 114 Å². The first-order valence-corrected chi connectivity index (χ1v) is 12.6. The number of phenols is 1. The predicted molar refractivity (Wildman–Crippen MR) is 138 cm³/mol. The fraction of sp³-hybridized carbons (Fsp3) is 0.615. The molecule has 0 aliphatic carbocycles. The van der Waals surface area contributed by atoms with Crippen LogP contribution >= 0.6 is 11.8 Å². The lowest BCUT2D eigenvalue weighted by Gasteiger charge is -2.28. The highest BCUT2D eigenvalue weighted by molar-refractivity contribution is 7.99. The molecule has 3 N–H and O–H groups in total. The van der Waals surface area contributed by atoms with E-state index in [2.05, 4.69) is 53.4 Å². The van der Waals surface area contributed by atoms with Crippen LogP contribution in [-0.2, 0) is 29.8 Å². The summed E-state index contributed by atoms with van der Waals surface area (Å²) in [5.41, 5.74) is 1.67. The van der Waals surface area contributed by atoms with E-state index in [9.17, 15) is 19.8 Å². The van der Waals surface area contributed by atoms with Crippen LogP contribution in [0, 0.1) is 0 Å². The summed E-state index contributed by atoms with van der Waals surface area (Å²) >= 11 is 1.59. The van der Waals surface area contributed by atoms with Crippen LogP contribution < -0.4 is 5.32 Å². The quantitative estimate of drug-likeness (QED) is 0.122. The number of carbonyl (C=O) groups is 2. The Morgan fingerprint density at radius 2 is 1.60 bits per heavy atom. The number of thioether (sulfide) groups is 1. The Hall–Kier alpha value is -2.23. The first-order chi connectivity index (χ1) is 16.1. The summed E-state index contributed by atoms with van der Waals surface area (Å²) in [5.74, 6) is 0.439. The van der Waals surface area contributed by atoms with E-state index in [4.69, 9.17) is 14.2 Å². The Morgan fingerprint density at radius 1 is 1.03 bits per heavy atom. The first-order valence-electron chi connectivity index (χ1n) is 11.7. The average Bonchev–Trinajstić information content (AvgIpc) is 2.73. The fourth-order valence-electron chi connectivity index (χ4n) is 2.99. The third kappa shape index (κ3) is 11.4. The van der Waals surface area contributed by atoms with E-state index >= 15 is 0 Å². The van der Waals surface area contributed by atoms with E-state index in [1.807, 2.05) is 12.1 Å². The summed E-state index contributed by atoms with van der Waals surface area (Å²) in [6.07, 6.45) is -1.26. The van der Waals surface area contributed by atoms with Crippen molar-refractivity contribution in [2.24, 2.45) is 0 Å². The molecular formula is C26H41NO7S. The summed E-state index contributed by atoms with van der Waals surface area (Å²) in [5, 5.41) is 23.4. The minimum atomic E-state index is -0.989. The molecule has 8 nitrogen and oxygen atoms in total. The van der Waals surface area contributed by atoms with Gasteiger partial charge in [-0.2, -0.15) is 0 Å². The van der Waals surface area contributed by atoms with Gasteiger partial charge in [-0.25, -0.2) is 9.59 Å². The number of phenolic OH excluding ortho intramolecular Hbond substituents is 1. The smallest absolute Gasteiger partial charge is 0.407 e. The highest BCUT2D eigenvalue weighted by Crippen LogP contribution is 2.41. The third-order valence-electron chi connectivity index (χ3n) is 4.91. The molecule has 0 aliphatic heterocycles. The molecule has 0 saturated carbocycles. The maximum atomic E-state index is 11.6. The second kappa shape index (κ2) is 13.8. The van der Waals surface area contributed by atoms with Crippen LogP contribution in [0.15, 0.2) is 29.2 Å². The predicted octanol–water partition coefficient (Wildman–Crippen LogP) is 4.65. The maximum absolute atomic E-state index is 11.6. The molecule has 0 fully saturated rings. The van der Waals surface area contributed by atoms with Crippen LogP contribution in [0.5, 0.6) is 5.75 Å². The van der Waals surface area contributed by atoms with Crippen molar-refractivity contribution in [2.75, 3.05) is 32.1 Å². The number of aliphatic hydroxyl groups excluding tert-OH is 1. The molecule has 1 aromatic carbocycles. The van der Waals surface area contributed by atoms with Gasteiger partial charge in [0.25, 0.3) is 0 Å². The molecular weight excluding hydrogens is 470 g/mol. The average molecular weight is 512 g/mol. The van der Waals surface area contributed by atoms with Crippen LogP contribution in [-0.4, -0.2) is 60.7 Å². The highest BCUT2D eigenvalue weighted by Gasteiger charge is 2.26. The number of rotatable bonds is 12. The van der Waals surface area contributed by atoms with Crippen LogP contribution in [0.4, 0.5) is 4.79 Å². The normalized spacial score (nSPS) is 12.7. The maximum Gasteiger partial charge on any atom is 0.407 e. The number of alkyl carbamates (subject to hydrolysis) is 1. The number of hydrogen-bond donors (Lipinski definition) is 3. The van der Waals surface area contributed by atoms with Gasteiger partial charge in [0.05, 0.1) is 13.2 Å². The summed E-state index contributed by atoms with van der Waals surface area (Å²) in [6.45, 7) is 17.6. The zero-order chi connectivity index (χ0) is 26.8. The second-order valence-corrected chi connectivity index (χ2v) is 11.5. The van der Waals surface area contributed by atoms with Gasteiger partial charge in [0.2, 0.25) is 0 Å². The van der Waals surface area contributed by atoms with E-state index in [0.29, 0.717) is 17.9 Å². The Kier molecular flexibility index (Phi) is 12.1. The number of carbonyl (C=O) groups excluding carboxylic acids is 2. The number of nitrogens with one attached hydrogen (secondary N) is 1. The fourth-order valence-corrected chi connectivity index (χ4v) is 3.94. The largest absolute Gasteiger partial charge is 0.507 e. The van der Waals surface area contributed by atoms with Crippen LogP contribution in [0.2, 0.25) is 0 Å². The molecule has 1 atom stereocenters. The van der Waals surface area contributed by atoms with Gasteiger partial charge in [-0.3, -0.25) is 0 Å². The van der Waals surface area contributed by atoms with Gasteiger partial charge in [-0.15, -0.1) is 11.8 Å². The van der Waals surface area contributed by atoms with Gasteiger partial charge in [0, 0.05) is 33.8 Å². The van der Waals surface area contributed by atoms with Gasteiger partial charge in [0.15, 0.2) is 6.29 Å². The van der Waals surface area contributed by atoms with Crippen molar-refractivity contribution < 1.29 is 34.0 Å². The van der Waals surface area contributed by atoms with Crippen molar-refractivity contribution in [1.29, 1.82) is 0 Å². The van der Waals surface area contributed by atoms with E-state index in [1.165, 1.54) is 6.92 Å². The highest BCUT2D eigenvalue weighted by atomic mass is 32.2. The lowest BCUT2D eigenvalue weighted by Crippen LogP contribution is -2.30. The molecule has 0 saturated heterocycles. The standard InChI is InChI=1S/C26H41NO7S/c1-17(2)23(30)33-11-10-27-24(31)34-13-12-32-21(28)9-14-35-18-15-19(25(3,4)5)22(29)20(16-18)26(6,7)8/h15-16,21,28-29H,1,9-14H2,2-8H3,(H,27,31). The molecule has 0 aromatic heterocycles. The molecule has 0 radical (unpaired) electrons. The molecule has 35 heavy (non-hydrogen) atoms. The minimum Gasteiger partial charge on any atom is -0.507 e. The van der Waals surface area contributed by atoms with Crippen molar-refractivity contribution in [2.45, 2.75) is 76.9 Å². The van der Waals surface area contributed by atoms with Gasteiger partial charge < -0.3 is 29.7 Å². The molecule has 1 unspecified atom stereocenters. The molecule has 0 aliphatic rings. The Morgan fingerprint density at radius 3 is 2.11 bits per heavy atom. The van der Waals surface area contributed by atoms with Gasteiger partial charge in [-0.1, -0.05) is 48.1 Å². The van der Waals surface area contributed by atoms with Crippen LogP contribution in [0.25, 0.3) is 0 Å². The molecule has 1 rings (SSSR count). The molecule has 0 spiro atoms. The number of ether oxygens (including phenoxy) is 3. The van der Waals surface area contributed by atoms with E-state index in [1.54, 1.807) is 11.8 Å². The van der Waals surface area contributed by atoms with Gasteiger partial charge in [0.1, 0.15) is 19.0 Å². The summed E-state index contributed by atoms with van der Waals surface area (Å²) in [7, 11) is 0. The summed E-state index contributed by atoms with van der Waals surface area (Å²) in [6, 6.07) is 4.02. The number of hydrogen-bond acceptors (Lipinski definition) is 8. The number of benzene rings is 1. The SMILES string of the molecule is C=C(C)C(=O)OCCNC(=O)OCCOC(O)CCSc1cc(C(C)(C)C)c(O)c(C(C)(C)C)c1. The zero-order valence-corrected chi connectivity index (χ0v) is 22.8. The number of aliphatic hydroxyl groups is 1. The summed E-state index contributed by atoms with van der Waals surface area (Å²) < 4.78 is 15.1. The minimum absolute atomic E-state index is 0.0171. The number of esters is 1. The van der Waals surface area contributed by atoms with Crippen molar-refractivity contribution >= 4 is 23.8 Å². The summed E-state index contributed by atoms with van der Waals surface area (Å²) in [4.78, 5) is 23.8. The second-order valence-electron chi connectivity index (χ2n) is 10.3. The molecule has 9 heteroatoms. The van der Waals surface area contributed by atoms with Crippen molar-refractivity contribution in [3.05, 3.63) is 35.4 Å². The first kappa shape index (κ1) is 30.8. The van der Waals surface area contributed by atoms with Gasteiger partial charge in [-0.05, 0) is 29.9 Å². The van der Waals surface area contributed by atoms with Crippen molar-refractivity contribution in [3.63, 3.8) is 0 Å². The van der Waals surface area contributed by atoms with E-state index in [0.717, 1.165) is 16.0 Å². The zero-order valence-electron chi connectivity index (χ0n) is 22.0. The van der Waals surface area contributed by atoms with E-state index < -0.39 is 18.4 Å². The Balaban J connectivity index is 2.40. The number of amides is 1. The van der Waals surface area contributed by atoms with Crippen molar-refractivity contribution in [1.82, 2.24) is 5.32 Å². The third-order valence-corrected chi connectivity index (χ3v) is 5.92. The molecule has 1 aromatic rings. The van der Waals surface area contributed by atoms with Crippen molar-refractivity contribution in [3.8, 4) is 5.75 Å². The van der Waals surface area contributed by atoms with E-state index in [-0.39, 0.29) is 42.8 Å². The van der Waals surface area contributed by atoms with Gasteiger partial charge >= 0.3 is 12.1 Å². The lowest BCUT2D eigenvalue weighted by atomic mass is 9.79. The Bertz CT molecular complexity index is 836. The van der Waals surface area contributed by atoms with Crippen LogP contribution in [0.3, 0.4) is 0 Å². The molecule has 1 amide bonds. The number of aromatic hydroxyl groups is 1. The molecule has 0 bridgehead atoms.